The van der Waals surface area contributed by atoms with E-state index >= 15 is 0 Å². The molecule has 0 radical (unpaired) electrons. The highest BCUT2D eigenvalue weighted by Crippen LogP contribution is 2.18. The molecule has 0 aliphatic carbocycles. The molecule has 23 heavy (non-hydrogen) atoms. The summed E-state index contributed by atoms with van der Waals surface area (Å²) in [4.78, 5) is 23.1. The van der Waals surface area contributed by atoms with Crippen LogP contribution in [0.25, 0.3) is 0 Å². The predicted molar refractivity (Wildman–Crippen MR) is 79.6 cm³/mol. The zero-order chi connectivity index (χ0) is 18.4. The van der Waals surface area contributed by atoms with Crippen LogP contribution in [0.3, 0.4) is 0 Å². The van der Waals surface area contributed by atoms with Gasteiger partial charge in [-0.25, -0.2) is 4.79 Å². The van der Waals surface area contributed by atoms with E-state index in [1.165, 1.54) is 0 Å². The number of hydrogen-bond donors (Lipinski definition) is 3. The van der Waals surface area contributed by atoms with Gasteiger partial charge in [-0.3, -0.25) is 10.1 Å². The van der Waals surface area contributed by atoms with E-state index in [0.717, 1.165) is 0 Å². The number of rotatable bonds is 7. The number of ether oxygens (including phenoxy) is 1. The first kappa shape index (κ1) is 21.5. The predicted octanol–water partition coefficient (Wildman–Crippen LogP) is 1.79. The molecule has 2 atom stereocenters. The van der Waals surface area contributed by atoms with E-state index in [0.29, 0.717) is 0 Å². The molecule has 136 valence electrons. The summed E-state index contributed by atoms with van der Waals surface area (Å²) in [5, 5.41) is 4.58. The van der Waals surface area contributed by atoms with E-state index in [4.69, 9.17) is 10.5 Å². The normalized spacial score (nSPS) is 15.2. The lowest BCUT2D eigenvalue weighted by Gasteiger charge is -2.30. The summed E-state index contributed by atoms with van der Waals surface area (Å²) in [6.45, 7) is 7.14. The third kappa shape index (κ3) is 9.98. The van der Waals surface area contributed by atoms with Gasteiger partial charge in [0.2, 0.25) is 5.91 Å². The van der Waals surface area contributed by atoms with Crippen molar-refractivity contribution in [2.24, 2.45) is 17.6 Å². The van der Waals surface area contributed by atoms with Crippen molar-refractivity contribution in [3.63, 3.8) is 0 Å². The molecule has 0 aromatic carbocycles. The van der Waals surface area contributed by atoms with Crippen LogP contribution in [0, 0.1) is 11.8 Å². The Labute approximate surface area is 134 Å². The SMILES string of the molecule is CC(C)C(CNC(=O)OC(C)(C)C)C(NCC(F)(F)F)C(N)=O. The van der Waals surface area contributed by atoms with Crippen LogP contribution in [0.15, 0.2) is 0 Å². The molecule has 0 aromatic heterocycles. The molecule has 2 amide bonds. The number of halogens is 3. The van der Waals surface area contributed by atoms with Gasteiger partial charge in [0.1, 0.15) is 5.60 Å². The van der Waals surface area contributed by atoms with Gasteiger partial charge in [-0.1, -0.05) is 13.8 Å². The summed E-state index contributed by atoms with van der Waals surface area (Å²) in [5.41, 5.74) is 4.50. The minimum absolute atomic E-state index is 0.0367. The van der Waals surface area contributed by atoms with Gasteiger partial charge < -0.3 is 15.8 Å². The van der Waals surface area contributed by atoms with Gasteiger partial charge in [-0.15, -0.1) is 0 Å². The van der Waals surface area contributed by atoms with Gasteiger partial charge >= 0.3 is 12.3 Å². The molecule has 2 unspecified atom stereocenters. The van der Waals surface area contributed by atoms with Gasteiger partial charge in [0.05, 0.1) is 12.6 Å². The maximum atomic E-state index is 12.3. The van der Waals surface area contributed by atoms with Gasteiger partial charge in [0.25, 0.3) is 0 Å². The molecule has 6 nitrogen and oxygen atoms in total. The topological polar surface area (TPSA) is 93.4 Å². The van der Waals surface area contributed by atoms with E-state index < -0.39 is 42.3 Å². The minimum atomic E-state index is -4.46. The van der Waals surface area contributed by atoms with Crippen LogP contribution in [0.4, 0.5) is 18.0 Å². The minimum Gasteiger partial charge on any atom is -0.444 e. The summed E-state index contributed by atoms with van der Waals surface area (Å²) < 4.78 is 42.1. The fourth-order valence-electron chi connectivity index (χ4n) is 1.94. The maximum absolute atomic E-state index is 12.3. The molecule has 4 N–H and O–H groups in total. The molecular weight excluding hydrogens is 315 g/mol. The first-order valence-corrected chi connectivity index (χ1v) is 7.29. The van der Waals surface area contributed by atoms with E-state index in [2.05, 4.69) is 10.6 Å². The fraction of sp³-hybridized carbons (Fsp3) is 0.857. The molecule has 0 heterocycles. The largest absolute Gasteiger partial charge is 0.444 e. The van der Waals surface area contributed by atoms with E-state index in [1.807, 2.05) is 0 Å². The van der Waals surface area contributed by atoms with Crippen molar-refractivity contribution in [1.82, 2.24) is 10.6 Å². The van der Waals surface area contributed by atoms with Crippen LogP contribution in [-0.4, -0.2) is 42.9 Å². The highest BCUT2D eigenvalue weighted by Gasteiger charge is 2.34. The molecule has 0 aliphatic heterocycles. The number of alkyl carbamates (subject to hydrolysis) is 1. The van der Waals surface area contributed by atoms with Crippen molar-refractivity contribution in [1.29, 1.82) is 0 Å². The molecule has 0 saturated carbocycles. The molecule has 0 saturated heterocycles. The first-order valence-electron chi connectivity index (χ1n) is 7.29. The van der Waals surface area contributed by atoms with Gasteiger partial charge in [0, 0.05) is 12.5 Å². The second-order valence-corrected chi connectivity index (χ2v) is 6.67. The summed E-state index contributed by atoms with van der Waals surface area (Å²) >= 11 is 0. The zero-order valence-corrected chi connectivity index (χ0v) is 14.1. The van der Waals surface area contributed by atoms with E-state index in [1.54, 1.807) is 34.6 Å². The summed E-state index contributed by atoms with van der Waals surface area (Å²) in [6.07, 6.45) is -5.17. The first-order chi connectivity index (χ1) is 10.2. The number of carbonyl (C=O) groups excluding carboxylic acids is 2. The van der Waals surface area contributed by atoms with Crippen molar-refractivity contribution in [3.8, 4) is 0 Å². The third-order valence-electron chi connectivity index (χ3n) is 2.99. The number of nitrogens with one attached hydrogen (secondary N) is 2. The number of amides is 2. The van der Waals surface area contributed by atoms with Crippen LogP contribution in [-0.2, 0) is 9.53 Å². The van der Waals surface area contributed by atoms with Crippen LogP contribution in [0.1, 0.15) is 34.6 Å². The van der Waals surface area contributed by atoms with Crippen LogP contribution in [0.2, 0.25) is 0 Å². The Hall–Kier alpha value is -1.51. The lowest BCUT2D eigenvalue weighted by Crippen LogP contribution is -2.54. The highest BCUT2D eigenvalue weighted by atomic mass is 19.4. The monoisotopic (exact) mass is 341 g/mol. The maximum Gasteiger partial charge on any atom is 0.407 e. The number of nitrogens with two attached hydrogens (primary N) is 1. The van der Waals surface area contributed by atoms with Crippen LogP contribution < -0.4 is 16.4 Å². The summed E-state index contributed by atoms with van der Waals surface area (Å²) in [5.74, 6) is -1.70. The molecule has 0 rings (SSSR count). The average molecular weight is 341 g/mol. The smallest absolute Gasteiger partial charge is 0.407 e. The number of carbonyl (C=O) groups is 2. The highest BCUT2D eigenvalue weighted by molar-refractivity contribution is 5.80. The Morgan fingerprint density at radius 3 is 2.04 bits per heavy atom. The standard InChI is InChI=1S/C14H26F3N3O3/c1-8(2)9(6-19-12(22)23-13(3,4)5)10(11(18)21)20-7-14(15,16)17/h8-10,20H,6-7H2,1-5H3,(H2,18,21)(H,19,22). The summed E-state index contributed by atoms with van der Waals surface area (Å²) in [7, 11) is 0. The zero-order valence-electron chi connectivity index (χ0n) is 14.1. The van der Waals surface area contributed by atoms with Crippen molar-refractivity contribution in [2.75, 3.05) is 13.1 Å². The van der Waals surface area contributed by atoms with Crippen LogP contribution >= 0.6 is 0 Å². The quantitative estimate of drug-likeness (QED) is 0.658. The molecule has 0 aromatic rings. The third-order valence-corrected chi connectivity index (χ3v) is 2.99. The Morgan fingerprint density at radius 2 is 1.70 bits per heavy atom. The molecule has 0 bridgehead atoms. The molecular formula is C14H26F3N3O3. The Kier molecular flexibility index (Phi) is 7.82. The number of hydrogen-bond acceptors (Lipinski definition) is 4. The Bertz CT molecular complexity index is 406. The van der Waals surface area contributed by atoms with Crippen molar-refractivity contribution < 1.29 is 27.5 Å². The number of primary amides is 1. The van der Waals surface area contributed by atoms with Crippen molar-refractivity contribution in [2.45, 2.75) is 52.4 Å². The van der Waals surface area contributed by atoms with Crippen LogP contribution in [0.5, 0.6) is 0 Å². The fourth-order valence-corrected chi connectivity index (χ4v) is 1.94. The molecule has 9 heteroatoms. The van der Waals surface area contributed by atoms with Gasteiger partial charge in [-0.05, 0) is 26.7 Å². The molecule has 0 spiro atoms. The second kappa shape index (κ2) is 8.37. The Morgan fingerprint density at radius 1 is 1.17 bits per heavy atom. The molecule has 0 fully saturated rings. The van der Waals surface area contributed by atoms with Gasteiger partial charge in [0.15, 0.2) is 0 Å². The lowest BCUT2D eigenvalue weighted by atomic mass is 9.87. The van der Waals surface area contributed by atoms with Crippen molar-refractivity contribution in [3.05, 3.63) is 0 Å². The average Bonchev–Trinajstić information content (AvgIpc) is 2.28. The van der Waals surface area contributed by atoms with E-state index in [9.17, 15) is 22.8 Å². The summed E-state index contributed by atoms with van der Waals surface area (Å²) in [6, 6.07) is -1.22. The van der Waals surface area contributed by atoms with E-state index in [-0.39, 0.29) is 12.5 Å². The number of alkyl halides is 3. The van der Waals surface area contributed by atoms with Gasteiger partial charge in [-0.2, -0.15) is 13.2 Å². The molecule has 0 aliphatic rings. The lowest BCUT2D eigenvalue weighted by molar-refractivity contribution is -0.132. The Balaban J connectivity index is 4.84. The second-order valence-electron chi connectivity index (χ2n) is 6.67. The van der Waals surface area contributed by atoms with Crippen molar-refractivity contribution >= 4 is 12.0 Å².